The van der Waals surface area contributed by atoms with Crippen LogP contribution in [-0.2, 0) is 9.84 Å². The average molecular weight is 367 g/mol. The molecule has 2 aromatic rings. The Bertz CT molecular complexity index is 919. The van der Waals surface area contributed by atoms with Crippen molar-refractivity contribution in [1.29, 1.82) is 0 Å². The number of aromatic nitrogens is 1. The number of nitrogens with one attached hydrogen (secondary N) is 2. The van der Waals surface area contributed by atoms with Crippen molar-refractivity contribution in [3.63, 3.8) is 0 Å². The average Bonchev–Trinajstić information content (AvgIpc) is 2.89. The van der Waals surface area contributed by atoms with E-state index in [1.54, 1.807) is 0 Å². The summed E-state index contributed by atoms with van der Waals surface area (Å²) < 4.78 is 49.5. The Balaban J connectivity index is 1.71. The topological polar surface area (TPSA) is 88.2 Å². The summed E-state index contributed by atoms with van der Waals surface area (Å²) in [7, 11) is -3.09. The monoisotopic (exact) mass is 367 g/mol. The normalized spacial score (nSPS) is 18.7. The number of carbonyl (C=O) groups is 1. The van der Waals surface area contributed by atoms with E-state index in [1.807, 2.05) is 0 Å². The van der Waals surface area contributed by atoms with Crippen molar-refractivity contribution >= 4 is 27.2 Å². The first-order chi connectivity index (χ1) is 11.8. The molecule has 2 heterocycles. The van der Waals surface area contributed by atoms with Gasteiger partial charge < -0.3 is 10.6 Å². The summed E-state index contributed by atoms with van der Waals surface area (Å²) in [6.45, 7) is 0. The zero-order valence-electron chi connectivity index (χ0n) is 13.0. The lowest BCUT2D eigenvalue weighted by Crippen LogP contribution is -2.35. The molecule has 3 rings (SSSR count). The SMILES string of the molecule is O=C(NC1CCS(=O)(=O)C1)c1ccnc(Nc2ccc(F)cc2F)c1. The second kappa shape index (κ2) is 6.75. The molecule has 1 saturated heterocycles. The quantitative estimate of drug-likeness (QED) is 0.863. The van der Waals surface area contributed by atoms with Crippen LogP contribution in [0.1, 0.15) is 16.8 Å². The minimum Gasteiger partial charge on any atom is -0.348 e. The molecular weight excluding hydrogens is 352 g/mol. The van der Waals surface area contributed by atoms with Gasteiger partial charge in [-0.3, -0.25) is 4.79 Å². The van der Waals surface area contributed by atoms with Gasteiger partial charge in [0.15, 0.2) is 9.84 Å². The lowest BCUT2D eigenvalue weighted by atomic mass is 10.2. The first-order valence-corrected chi connectivity index (χ1v) is 9.34. The Morgan fingerprint density at radius 3 is 2.68 bits per heavy atom. The van der Waals surface area contributed by atoms with Gasteiger partial charge in [0.25, 0.3) is 5.91 Å². The largest absolute Gasteiger partial charge is 0.348 e. The van der Waals surface area contributed by atoms with Gasteiger partial charge >= 0.3 is 0 Å². The van der Waals surface area contributed by atoms with E-state index < -0.39 is 33.4 Å². The molecule has 1 aliphatic rings. The highest BCUT2D eigenvalue weighted by molar-refractivity contribution is 7.91. The van der Waals surface area contributed by atoms with Gasteiger partial charge in [0.1, 0.15) is 17.5 Å². The summed E-state index contributed by atoms with van der Waals surface area (Å²) >= 11 is 0. The maximum absolute atomic E-state index is 13.7. The molecule has 1 fully saturated rings. The lowest BCUT2D eigenvalue weighted by molar-refractivity contribution is 0.0941. The van der Waals surface area contributed by atoms with E-state index in [4.69, 9.17) is 0 Å². The summed E-state index contributed by atoms with van der Waals surface area (Å²) in [6.07, 6.45) is 1.75. The third-order valence-electron chi connectivity index (χ3n) is 3.78. The molecule has 132 valence electrons. The summed E-state index contributed by atoms with van der Waals surface area (Å²) in [5.74, 6) is -1.73. The van der Waals surface area contributed by atoms with Gasteiger partial charge in [-0.05, 0) is 30.7 Å². The predicted molar refractivity (Wildman–Crippen MR) is 88.4 cm³/mol. The molecule has 0 spiro atoms. The lowest BCUT2D eigenvalue weighted by Gasteiger charge is -2.12. The van der Waals surface area contributed by atoms with E-state index in [-0.39, 0.29) is 28.6 Å². The van der Waals surface area contributed by atoms with Gasteiger partial charge in [0.05, 0.1) is 17.2 Å². The minimum absolute atomic E-state index is 0.0216. The minimum atomic E-state index is -3.09. The van der Waals surface area contributed by atoms with Crippen molar-refractivity contribution < 1.29 is 22.0 Å². The van der Waals surface area contributed by atoms with E-state index in [9.17, 15) is 22.0 Å². The molecule has 0 bridgehead atoms. The Kier molecular flexibility index (Phi) is 4.67. The number of hydrogen-bond acceptors (Lipinski definition) is 5. The van der Waals surface area contributed by atoms with Gasteiger partial charge in [-0.25, -0.2) is 22.2 Å². The fourth-order valence-corrected chi connectivity index (χ4v) is 4.22. The summed E-state index contributed by atoms with van der Waals surface area (Å²) in [4.78, 5) is 16.2. The second-order valence-electron chi connectivity index (χ2n) is 5.75. The molecule has 6 nitrogen and oxygen atoms in total. The van der Waals surface area contributed by atoms with Gasteiger partial charge in [-0.2, -0.15) is 0 Å². The molecule has 1 atom stereocenters. The Labute approximate surface area is 143 Å². The summed E-state index contributed by atoms with van der Waals surface area (Å²) in [5, 5.41) is 5.34. The number of rotatable bonds is 4. The highest BCUT2D eigenvalue weighted by atomic mass is 32.2. The number of nitrogens with zero attached hydrogens (tertiary/aromatic N) is 1. The number of pyridine rings is 1. The Morgan fingerprint density at radius 1 is 1.20 bits per heavy atom. The highest BCUT2D eigenvalue weighted by Crippen LogP contribution is 2.20. The number of carbonyl (C=O) groups excluding carboxylic acids is 1. The van der Waals surface area contributed by atoms with Crippen LogP contribution >= 0.6 is 0 Å². The standard InChI is InChI=1S/C16H15F2N3O3S/c17-11-1-2-14(13(18)8-11)21-15-7-10(3-5-19-15)16(22)20-12-4-6-25(23,24)9-12/h1-3,5,7-8,12H,4,6,9H2,(H,19,21)(H,20,22). The third-order valence-corrected chi connectivity index (χ3v) is 5.55. The molecule has 1 aromatic heterocycles. The van der Waals surface area contributed by atoms with Crippen molar-refractivity contribution in [1.82, 2.24) is 10.3 Å². The van der Waals surface area contributed by atoms with Crippen molar-refractivity contribution in [2.24, 2.45) is 0 Å². The van der Waals surface area contributed by atoms with Gasteiger partial charge in [0, 0.05) is 23.9 Å². The molecule has 1 aliphatic heterocycles. The second-order valence-corrected chi connectivity index (χ2v) is 7.98. The van der Waals surface area contributed by atoms with Gasteiger partial charge in [0.2, 0.25) is 0 Å². The van der Waals surface area contributed by atoms with E-state index in [0.717, 1.165) is 12.1 Å². The van der Waals surface area contributed by atoms with Gasteiger partial charge in [-0.15, -0.1) is 0 Å². The molecule has 2 N–H and O–H groups in total. The first-order valence-electron chi connectivity index (χ1n) is 7.52. The number of benzene rings is 1. The van der Waals surface area contributed by atoms with Crippen LogP contribution in [-0.4, -0.2) is 36.9 Å². The van der Waals surface area contributed by atoms with Crippen LogP contribution in [0.5, 0.6) is 0 Å². The summed E-state index contributed by atoms with van der Waals surface area (Å²) in [6, 6.07) is 5.51. The highest BCUT2D eigenvalue weighted by Gasteiger charge is 2.29. The molecule has 25 heavy (non-hydrogen) atoms. The smallest absolute Gasteiger partial charge is 0.251 e. The van der Waals surface area contributed by atoms with E-state index in [2.05, 4.69) is 15.6 Å². The van der Waals surface area contributed by atoms with Crippen LogP contribution in [0, 0.1) is 11.6 Å². The van der Waals surface area contributed by atoms with E-state index in [1.165, 1.54) is 24.4 Å². The molecular formula is C16H15F2N3O3S. The maximum Gasteiger partial charge on any atom is 0.251 e. The van der Waals surface area contributed by atoms with Crippen molar-refractivity contribution in [3.8, 4) is 0 Å². The van der Waals surface area contributed by atoms with Crippen LogP contribution < -0.4 is 10.6 Å². The third kappa shape index (κ3) is 4.30. The number of anilines is 2. The predicted octanol–water partition coefficient (Wildman–Crippen LogP) is 2.02. The molecule has 0 radical (unpaired) electrons. The van der Waals surface area contributed by atoms with Crippen LogP contribution in [0.25, 0.3) is 0 Å². The fourth-order valence-electron chi connectivity index (χ4n) is 2.55. The molecule has 1 aromatic carbocycles. The zero-order chi connectivity index (χ0) is 18.0. The van der Waals surface area contributed by atoms with Crippen LogP contribution in [0.4, 0.5) is 20.3 Å². The summed E-state index contributed by atoms with van der Waals surface area (Å²) in [5.41, 5.74) is 0.276. The molecule has 0 saturated carbocycles. The maximum atomic E-state index is 13.7. The van der Waals surface area contributed by atoms with Crippen LogP contribution in [0.3, 0.4) is 0 Å². The number of amides is 1. The van der Waals surface area contributed by atoms with Gasteiger partial charge in [-0.1, -0.05) is 0 Å². The number of hydrogen-bond donors (Lipinski definition) is 2. The van der Waals surface area contributed by atoms with Crippen molar-refractivity contribution in [2.75, 3.05) is 16.8 Å². The van der Waals surface area contributed by atoms with E-state index >= 15 is 0 Å². The van der Waals surface area contributed by atoms with E-state index in [0.29, 0.717) is 6.42 Å². The number of halogens is 2. The van der Waals surface area contributed by atoms with Crippen LogP contribution in [0.15, 0.2) is 36.5 Å². The zero-order valence-corrected chi connectivity index (χ0v) is 13.8. The number of sulfone groups is 1. The Hall–Kier alpha value is -2.55. The first kappa shape index (κ1) is 17.3. The molecule has 1 unspecified atom stereocenters. The molecule has 1 amide bonds. The molecule has 9 heteroatoms. The van der Waals surface area contributed by atoms with Crippen molar-refractivity contribution in [3.05, 3.63) is 53.7 Å². The van der Waals surface area contributed by atoms with Crippen LogP contribution in [0.2, 0.25) is 0 Å². The van der Waals surface area contributed by atoms with Crippen molar-refractivity contribution in [2.45, 2.75) is 12.5 Å². The molecule has 0 aliphatic carbocycles. The fraction of sp³-hybridized carbons (Fsp3) is 0.250. The Morgan fingerprint density at radius 2 is 2.00 bits per heavy atom.